The number of carbonyl (C=O) groups excluding carboxylic acids is 1. The van der Waals surface area contributed by atoms with Crippen molar-refractivity contribution in [3.05, 3.63) is 35.9 Å². The maximum Gasteiger partial charge on any atom is 0.222 e. The van der Waals surface area contributed by atoms with Crippen molar-refractivity contribution in [2.45, 2.75) is 32.2 Å². The maximum atomic E-state index is 11.6. The third-order valence-electron chi connectivity index (χ3n) is 4.64. The number of hydrogen-bond donors (Lipinski definition) is 2. The molecule has 0 aliphatic carbocycles. The van der Waals surface area contributed by atoms with E-state index in [1.54, 1.807) is 0 Å². The fourth-order valence-corrected chi connectivity index (χ4v) is 3.18. The first-order valence-electron chi connectivity index (χ1n) is 9.63. The highest BCUT2D eigenvalue weighted by molar-refractivity contribution is 5.80. The van der Waals surface area contributed by atoms with Gasteiger partial charge in [0.05, 0.1) is 12.6 Å². The van der Waals surface area contributed by atoms with Gasteiger partial charge >= 0.3 is 0 Å². The van der Waals surface area contributed by atoms with E-state index in [1.165, 1.54) is 5.56 Å². The van der Waals surface area contributed by atoms with Gasteiger partial charge in [0.25, 0.3) is 0 Å². The van der Waals surface area contributed by atoms with Gasteiger partial charge in [0.1, 0.15) is 0 Å². The summed E-state index contributed by atoms with van der Waals surface area (Å²) in [6.45, 7) is 6.14. The lowest BCUT2D eigenvalue weighted by atomic mass is 10.1. The molecule has 2 N–H and O–H groups in total. The van der Waals surface area contributed by atoms with Gasteiger partial charge in [-0.2, -0.15) is 0 Å². The van der Waals surface area contributed by atoms with E-state index in [0.717, 1.165) is 45.0 Å². The number of amides is 1. The summed E-state index contributed by atoms with van der Waals surface area (Å²) in [7, 11) is 4.17. The lowest BCUT2D eigenvalue weighted by Crippen LogP contribution is -2.39. The van der Waals surface area contributed by atoms with E-state index in [2.05, 4.69) is 60.8 Å². The van der Waals surface area contributed by atoms with Gasteiger partial charge in [-0.05, 0) is 39.4 Å². The normalized spacial score (nSPS) is 16.2. The summed E-state index contributed by atoms with van der Waals surface area (Å²) < 4.78 is 0. The monoisotopic (exact) mass is 359 g/mol. The Morgan fingerprint density at radius 1 is 1.27 bits per heavy atom. The molecule has 0 spiro atoms. The average molecular weight is 360 g/mol. The van der Waals surface area contributed by atoms with Crippen LogP contribution in [0.4, 0.5) is 0 Å². The number of likely N-dealkylation sites (N-methyl/N-ethyl adjacent to an activating group) is 1. The number of aliphatic imine (C=N–C) groups is 1. The zero-order valence-electron chi connectivity index (χ0n) is 16.4. The first-order valence-corrected chi connectivity index (χ1v) is 9.63. The highest BCUT2D eigenvalue weighted by Crippen LogP contribution is 2.17. The van der Waals surface area contributed by atoms with Gasteiger partial charge < -0.3 is 20.4 Å². The molecule has 0 radical (unpaired) electrons. The van der Waals surface area contributed by atoms with Crippen LogP contribution in [-0.2, 0) is 4.79 Å². The van der Waals surface area contributed by atoms with Crippen molar-refractivity contribution in [2.24, 2.45) is 4.99 Å². The molecule has 6 nitrogen and oxygen atoms in total. The number of hydrogen-bond acceptors (Lipinski definition) is 3. The van der Waals surface area contributed by atoms with Gasteiger partial charge in [-0.3, -0.25) is 9.79 Å². The molecule has 1 atom stereocenters. The van der Waals surface area contributed by atoms with Crippen LogP contribution in [0.1, 0.15) is 37.8 Å². The number of nitrogens with zero attached hydrogens (tertiary/aromatic N) is 3. The molecule has 0 bridgehead atoms. The Hall–Kier alpha value is -2.08. The van der Waals surface area contributed by atoms with Gasteiger partial charge in [0.15, 0.2) is 5.96 Å². The molecular formula is C20H33N5O. The van der Waals surface area contributed by atoms with Crippen LogP contribution in [0.3, 0.4) is 0 Å². The minimum atomic E-state index is 0.244. The van der Waals surface area contributed by atoms with Crippen molar-refractivity contribution in [2.75, 3.05) is 46.8 Å². The Morgan fingerprint density at radius 2 is 2.04 bits per heavy atom. The minimum absolute atomic E-state index is 0.244. The predicted octanol–water partition coefficient (Wildman–Crippen LogP) is 1.86. The van der Waals surface area contributed by atoms with Crippen molar-refractivity contribution in [3.8, 4) is 0 Å². The third kappa shape index (κ3) is 6.33. The molecule has 1 heterocycles. The van der Waals surface area contributed by atoms with Crippen molar-refractivity contribution in [1.29, 1.82) is 0 Å². The molecule has 144 valence electrons. The minimum Gasteiger partial charge on any atom is -0.357 e. The van der Waals surface area contributed by atoms with E-state index in [9.17, 15) is 4.79 Å². The number of nitrogens with one attached hydrogen (secondary N) is 2. The number of carbonyl (C=O) groups is 1. The molecular weight excluding hydrogens is 326 g/mol. The summed E-state index contributed by atoms with van der Waals surface area (Å²) in [6.07, 6.45) is 2.65. The summed E-state index contributed by atoms with van der Waals surface area (Å²) in [5.41, 5.74) is 1.27. The molecule has 1 fully saturated rings. The SMILES string of the molecule is CCNC(=NCC(c1ccccc1)N(C)C)NCCCN1CCCC1=O. The Labute approximate surface area is 157 Å². The second-order valence-electron chi connectivity index (χ2n) is 6.87. The third-order valence-corrected chi connectivity index (χ3v) is 4.64. The van der Waals surface area contributed by atoms with Crippen LogP contribution in [0.25, 0.3) is 0 Å². The zero-order valence-corrected chi connectivity index (χ0v) is 16.4. The van der Waals surface area contributed by atoms with E-state index in [1.807, 2.05) is 11.0 Å². The molecule has 0 saturated carbocycles. The largest absolute Gasteiger partial charge is 0.357 e. The van der Waals surface area contributed by atoms with Crippen LogP contribution < -0.4 is 10.6 Å². The predicted molar refractivity (Wildman–Crippen MR) is 107 cm³/mol. The number of rotatable bonds is 9. The number of guanidine groups is 1. The van der Waals surface area contributed by atoms with Crippen LogP contribution in [0, 0.1) is 0 Å². The quantitative estimate of drug-likeness (QED) is 0.401. The van der Waals surface area contributed by atoms with Gasteiger partial charge in [0.2, 0.25) is 5.91 Å². The highest BCUT2D eigenvalue weighted by Gasteiger charge is 2.19. The van der Waals surface area contributed by atoms with Gasteiger partial charge in [-0.25, -0.2) is 0 Å². The van der Waals surface area contributed by atoms with E-state index in [4.69, 9.17) is 4.99 Å². The summed E-state index contributed by atoms with van der Waals surface area (Å²) in [6, 6.07) is 10.7. The Bertz CT molecular complexity index is 573. The fourth-order valence-electron chi connectivity index (χ4n) is 3.18. The fraction of sp³-hybridized carbons (Fsp3) is 0.600. The summed E-state index contributed by atoms with van der Waals surface area (Å²) in [4.78, 5) is 20.6. The molecule has 6 heteroatoms. The smallest absolute Gasteiger partial charge is 0.222 e. The number of likely N-dealkylation sites (tertiary alicyclic amines) is 1. The lowest BCUT2D eigenvalue weighted by Gasteiger charge is -2.23. The summed E-state index contributed by atoms with van der Waals surface area (Å²) in [5.74, 6) is 1.13. The van der Waals surface area contributed by atoms with Crippen molar-refractivity contribution in [1.82, 2.24) is 20.4 Å². The Kier molecular flexibility index (Phi) is 8.41. The molecule has 1 unspecified atom stereocenters. The van der Waals surface area contributed by atoms with Crippen molar-refractivity contribution < 1.29 is 4.79 Å². The molecule has 26 heavy (non-hydrogen) atoms. The highest BCUT2D eigenvalue weighted by atomic mass is 16.2. The van der Waals surface area contributed by atoms with E-state index in [-0.39, 0.29) is 6.04 Å². The van der Waals surface area contributed by atoms with Crippen LogP contribution in [0.2, 0.25) is 0 Å². The van der Waals surface area contributed by atoms with Crippen LogP contribution in [0.5, 0.6) is 0 Å². The van der Waals surface area contributed by atoms with Gasteiger partial charge in [0, 0.05) is 32.6 Å². The first-order chi connectivity index (χ1) is 12.6. The maximum absolute atomic E-state index is 11.6. The van der Waals surface area contributed by atoms with E-state index in [0.29, 0.717) is 18.9 Å². The summed E-state index contributed by atoms with van der Waals surface area (Å²) >= 11 is 0. The Balaban J connectivity index is 1.85. The Morgan fingerprint density at radius 3 is 2.65 bits per heavy atom. The average Bonchev–Trinajstić information content (AvgIpc) is 3.04. The molecule has 1 aliphatic rings. The molecule has 1 amide bonds. The zero-order chi connectivity index (χ0) is 18.8. The molecule has 1 aliphatic heterocycles. The molecule has 1 aromatic rings. The van der Waals surface area contributed by atoms with Crippen LogP contribution in [-0.4, -0.2) is 68.5 Å². The molecule has 2 rings (SSSR count). The first kappa shape index (κ1) is 20.2. The second kappa shape index (κ2) is 10.8. The number of benzene rings is 1. The topological polar surface area (TPSA) is 60.0 Å². The van der Waals surface area contributed by atoms with Crippen molar-refractivity contribution in [3.63, 3.8) is 0 Å². The molecule has 0 aromatic heterocycles. The summed E-state index contributed by atoms with van der Waals surface area (Å²) in [5, 5.41) is 6.69. The van der Waals surface area contributed by atoms with Gasteiger partial charge in [-0.1, -0.05) is 30.3 Å². The van der Waals surface area contributed by atoms with E-state index < -0.39 is 0 Å². The molecule has 1 saturated heterocycles. The second-order valence-corrected chi connectivity index (χ2v) is 6.87. The van der Waals surface area contributed by atoms with Crippen LogP contribution >= 0.6 is 0 Å². The van der Waals surface area contributed by atoms with Crippen molar-refractivity contribution >= 4 is 11.9 Å². The van der Waals surface area contributed by atoms with E-state index >= 15 is 0 Å². The standard InChI is InChI=1S/C20H33N5O/c1-4-21-20(22-13-9-15-25-14-8-12-19(25)26)23-16-18(24(2)3)17-10-6-5-7-11-17/h5-7,10-11,18H,4,8-9,12-16H2,1-3H3,(H2,21,22,23). The van der Waals surface area contributed by atoms with Gasteiger partial charge in [-0.15, -0.1) is 0 Å². The molecule has 1 aromatic carbocycles. The van der Waals surface area contributed by atoms with Crippen LogP contribution in [0.15, 0.2) is 35.3 Å². The lowest BCUT2D eigenvalue weighted by molar-refractivity contribution is -0.127.